The number of aromatic nitrogens is 3. The van der Waals surface area contributed by atoms with Crippen LogP contribution >= 0.6 is 0 Å². The number of benzene rings is 7. The van der Waals surface area contributed by atoms with Gasteiger partial charge in [0.1, 0.15) is 11.2 Å². The lowest BCUT2D eigenvalue weighted by Crippen LogP contribution is -2.00. The summed E-state index contributed by atoms with van der Waals surface area (Å²) in [6, 6.07) is 53.3. The molecule has 4 nitrogen and oxygen atoms in total. The van der Waals surface area contributed by atoms with Crippen LogP contribution in [0.15, 0.2) is 168 Å². The summed E-state index contributed by atoms with van der Waals surface area (Å²) in [5.41, 5.74) is 10.6. The minimum absolute atomic E-state index is 0.640. The van der Waals surface area contributed by atoms with Crippen molar-refractivity contribution in [1.82, 2.24) is 14.5 Å². The summed E-state index contributed by atoms with van der Waals surface area (Å²) < 4.78 is 8.40. The van der Waals surface area contributed by atoms with Gasteiger partial charge in [0.05, 0.1) is 11.0 Å². The normalized spacial score (nSPS) is 11.8. The highest BCUT2D eigenvalue weighted by atomic mass is 16.3. The van der Waals surface area contributed by atoms with E-state index in [4.69, 9.17) is 14.4 Å². The van der Waals surface area contributed by atoms with E-state index in [1.807, 2.05) is 24.5 Å². The molecule has 0 N–H and O–H groups in total. The van der Waals surface area contributed by atoms with E-state index in [-0.39, 0.29) is 0 Å². The molecule has 0 aliphatic carbocycles. The van der Waals surface area contributed by atoms with E-state index in [0.717, 1.165) is 60.6 Å². The van der Waals surface area contributed by atoms with E-state index < -0.39 is 0 Å². The molecular formula is C44H27N3O. The molecule has 7 aromatic carbocycles. The van der Waals surface area contributed by atoms with Crippen molar-refractivity contribution >= 4 is 54.5 Å². The summed E-state index contributed by atoms with van der Waals surface area (Å²) >= 11 is 0. The molecule has 48 heavy (non-hydrogen) atoms. The van der Waals surface area contributed by atoms with Crippen molar-refractivity contribution < 1.29 is 4.42 Å². The number of hydrogen-bond donors (Lipinski definition) is 0. The second-order valence-electron chi connectivity index (χ2n) is 12.3. The summed E-state index contributed by atoms with van der Waals surface area (Å²) in [7, 11) is 0. The molecule has 0 atom stereocenters. The highest BCUT2D eigenvalue weighted by Crippen LogP contribution is 2.40. The van der Waals surface area contributed by atoms with Crippen LogP contribution in [0.4, 0.5) is 0 Å². The first-order valence-electron chi connectivity index (χ1n) is 16.1. The quantitative estimate of drug-likeness (QED) is 0.198. The second-order valence-corrected chi connectivity index (χ2v) is 12.3. The second kappa shape index (κ2) is 10.5. The minimum atomic E-state index is 0.640. The van der Waals surface area contributed by atoms with Gasteiger partial charge in [-0.15, -0.1) is 0 Å². The van der Waals surface area contributed by atoms with Crippen LogP contribution in [0.5, 0.6) is 0 Å². The number of nitrogens with zero attached hydrogens (tertiary/aromatic N) is 3. The lowest BCUT2D eigenvalue weighted by atomic mass is 9.94. The zero-order valence-corrected chi connectivity index (χ0v) is 25.8. The predicted octanol–water partition coefficient (Wildman–Crippen LogP) is 11.6. The molecule has 0 spiro atoms. The Hall–Kier alpha value is -6.52. The van der Waals surface area contributed by atoms with Crippen LogP contribution < -0.4 is 0 Å². The third-order valence-corrected chi connectivity index (χ3v) is 9.47. The molecule has 0 bridgehead atoms. The summed E-state index contributed by atoms with van der Waals surface area (Å²) in [6.07, 6.45) is 3.90. The molecule has 224 valence electrons. The van der Waals surface area contributed by atoms with Gasteiger partial charge in [-0.1, -0.05) is 103 Å². The Kier molecular flexibility index (Phi) is 5.84. The van der Waals surface area contributed by atoms with Crippen LogP contribution in [-0.2, 0) is 0 Å². The summed E-state index contributed by atoms with van der Waals surface area (Å²) in [6.45, 7) is 0. The zero-order valence-electron chi connectivity index (χ0n) is 25.8. The maximum Gasteiger partial charge on any atom is 0.234 e. The van der Waals surface area contributed by atoms with Crippen molar-refractivity contribution in [2.45, 2.75) is 0 Å². The fourth-order valence-corrected chi connectivity index (χ4v) is 7.20. The maximum absolute atomic E-state index is 6.22. The van der Waals surface area contributed by atoms with E-state index in [1.54, 1.807) is 0 Å². The van der Waals surface area contributed by atoms with Gasteiger partial charge in [-0.3, -0.25) is 4.57 Å². The molecule has 4 heteroatoms. The Morgan fingerprint density at radius 3 is 1.71 bits per heavy atom. The van der Waals surface area contributed by atoms with Gasteiger partial charge in [0.2, 0.25) is 5.95 Å². The standard InChI is InChI=1S/C44H27N3O/c1-3-11-28(12-4-1)31-21-32(29-13-5-2-6-14-29)23-33(22-31)34-26-45-44(46-27-34)47-39-17-9-7-16-36(39)43-37-25-38-35-15-8-10-18-41(35)48-42(38)24-30(37)19-20-40(43)47/h1-27H. The summed E-state index contributed by atoms with van der Waals surface area (Å²) in [5.74, 6) is 0.640. The monoisotopic (exact) mass is 613 g/mol. The van der Waals surface area contributed by atoms with Crippen LogP contribution in [-0.4, -0.2) is 14.5 Å². The Balaban J connectivity index is 1.14. The molecular weight excluding hydrogens is 587 g/mol. The molecule has 0 saturated carbocycles. The number of para-hydroxylation sites is 2. The average Bonchev–Trinajstić information content (AvgIpc) is 3.70. The third kappa shape index (κ3) is 4.16. The first-order valence-corrected chi connectivity index (χ1v) is 16.1. The van der Waals surface area contributed by atoms with E-state index >= 15 is 0 Å². The number of hydrogen-bond acceptors (Lipinski definition) is 3. The topological polar surface area (TPSA) is 43.9 Å². The molecule has 0 radical (unpaired) electrons. The number of rotatable bonds is 4. The molecule has 10 aromatic rings. The zero-order chi connectivity index (χ0) is 31.6. The Labute approximate surface area is 276 Å². The van der Waals surface area contributed by atoms with Crippen molar-refractivity contribution in [1.29, 1.82) is 0 Å². The van der Waals surface area contributed by atoms with Crippen LogP contribution in [0.1, 0.15) is 0 Å². The highest BCUT2D eigenvalue weighted by molar-refractivity contribution is 6.24. The molecule has 0 aliphatic heterocycles. The van der Waals surface area contributed by atoms with E-state index in [9.17, 15) is 0 Å². The summed E-state index contributed by atoms with van der Waals surface area (Å²) in [4.78, 5) is 10.0. The number of furan rings is 1. The van der Waals surface area contributed by atoms with Crippen LogP contribution in [0.25, 0.3) is 93.8 Å². The SMILES string of the molecule is c1ccc(-c2cc(-c3ccccc3)cc(-c3cnc(-n4c5ccccc5c5c6cc7c(cc6ccc54)oc4ccccc47)nc3)c2)cc1. The highest BCUT2D eigenvalue weighted by Gasteiger charge is 2.18. The Morgan fingerprint density at radius 2 is 1.00 bits per heavy atom. The fourth-order valence-electron chi connectivity index (χ4n) is 7.20. The fraction of sp³-hybridized carbons (Fsp3) is 0. The largest absolute Gasteiger partial charge is 0.456 e. The molecule has 3 heterocycles. The van der Waals surface area contributed by atoms with Crippen LogP contribution in [0, 0.1) is 0 Å². The lowest BCUT2D eigenvalue weighted by Gasteiger charge is -2.12. The van der Waals surface area contributed by atoms with Crippen molar-refractivity contribution in [3.63, 3.8) is 0 Å². The van der Waals surface area contributed by atoms with Crippen molar-refractivity contribution in [2.75, 3.05) is 0 Å². The van der Waals surface area contributed by atoms with Crippen molar-refractivity contribution in [3.05, 3.63) is 164 Å². The smallest absolute Gasteiger partial charge is 0.234 e. The van der Waals surface area contributed by atoms with E-state index in [0.29, 0.717) is 5.95 Å². The van der Waals surface area contributed by atoms with E-state index in [1.165, 1.54) is 27.3 Å². The molecule has 10 rings (SSSR count). The van der Waals surface area contributed by atoms with Gasteiger partial charge in [0.25, 0.3) is 0 Å². The predicted molar refractivity (Wildman–Crippen MR) is 197 cm³/mol. The molecule has 0 aliphatic rings. The van der Waals surface area contributed by atoms with Gasteiger partial charge in [0, 0.05) is 39.5 Å². The third-order valence-electron chi connectivity index (χ3n) is 9.47. The molecule has 0 amide bonds. The Bertz CT molecular complexity index is 2760. The maximum atomic E-state index is 6.22. The van der Waals surface area contributed by atoms with E-state index in [2.05, 4.69) is 144 Å². The van der Waals surface area contributed by atoms with Gasteiger partial charge in [-0.2, -0.15) is 0 Å². The van der Waals surface area contributed by atoms with Gasteiger partial charge < -0.3 is 4.42 Å². The van der Waals surface area contributed by atoms with Gasteiger partial charge >= 0.3 is 0 Å². The summed E-state index contributed by atoms with van der Waals surface area (Å²) in [5, 5.41) is 6.92. The van der Waals surface area contributed by atoms with Crippen molar-refractivity contribution in [3.8, 4) is 39.3 Å². The molecule has 0 fully saturated rings. The van der Waals surface area contributed by atoms with Gasteiger partial charge in [-0.25, -0.2) is 9.97 Å². The van der Waals surface area contributed by atoms with Gasteiger partial charge in [0.15, 0.2) is 0 Å². The molecule has 0 unspecified atom stereocenters. The first kappa shape index (κ1) is 26.7. The van der Waals surface area contributed by atoms with Gasteiger partial charge in [-0.05, 0) is 87.1 Å². The number of fused-ring (bicyclic) bond motifs is 8. The van der Waals surface area contributed by atoms with Crippen LogP contribution in [0.3, 0.4) is 0 Å². The molecule has 0 saturated heterocycles. The minimum Gasteiger partial charge on any atom is -0.456 e. The average molecular weight is 614 g/mol. The van der Waals surface area contributed by atoms with Crippen LogP contribution in [0.2, 0.25) is 0 Å². The molecule has 3 aromatic heterocycles. The lowest BCUT2D eigenvalue weighted by molar-refractivity contribution is 0.669. The first-order chi connectivity index (χ1) is 23.8. The van der Waals surface area contributed by atoms with Crippen molar-refractivity contribution in [2.24, 2.45) is 0 Å². The Morgan fingerprint density at radius 1 is 0.396 bits per heavy atom.